The average Bonchev–Trinajstić information content (AvgIpc) is 3.20. The summed E-state index contributed by atoms with van der Waals surface area (Å²) >= 11 is 0. The summed E-state index contributed by atoms with van der Waals surface area (Å²) in [7, 11) is 0. The summed E-state index contributed by atoms with van der Waals surface area (Å²) in [6.45, 7) is 4.11. The van der Waals surface area contributed by atoms with Gasteiger partial charge in [-0.2, -0.15) is 0 Å². The Labute approximate surface area is 170 Å². The summed E-state index contributed by atoms with van der Waals surface area (Å²) in [4.78, 5) is 19.1. The maximum Gasteiger partial charge on any atom is 0.248 e. The Kier molecular flexibility index (Phi) is 5.56. The third-order valence-corrected chi connectivity index (χ3v) is 4.83. The maximum atomic E-state index is 12.5. The molecule has 5 nitrogen and oxygen atoms in total. The van der Waals surface area contributed by atoms with Gasteiger partial charge in [0.2, 0.25) is 5.91 Å². The normalized spacial score (nSPS) is 12.8. The molecule has 0 aliphatic carbocycles. The predicted octanol–water partition coefficient (Wildman–Crippen LogP) is 4.65. The van der Waals surface area contributed by atoms with Gasteiger partial charge in [-0.1, -0.05) is 30.3 Å². The van der Waals surface area contributed by atoms with E-state index in [1.54, 1.807) is 18.3 Å². The minimum absolute atomic E-state index is 0.149. The monoisotopic (exact) mass is 385 g/mol. The summed E-state index contributed by atoms with van der Waals surface area (Å²) in [5, 5.41) is 3.02. The lowest BCUT2D eigenvalue weighted by Crippen LogP contribution is -2.16. The number of pyridine rings is 1. The molecule has 1 aliphatic rings. The third kappa shape index (κ3) is 4.46. The summed E-state index contributed by atoms with van der Waals surface area (Å²) in [5.41, 5.74) is 4.15. The van der Waals surface area contributed by atoms with Crippen molar-refractivity contribution in [2.45, 2.75) is 20.0 Å². The summed E-state index contributed by atoms with van der Waals surface area (Å²) in [6.07, 6.45) is 5.15. The SMILES string of the molecule is CCOc1ccc(/C=C/C(=O)Nc2cccc3c2CN(c2ccccn2)C3)cc1. The molecule has 0 saturated carbocycles. The first-order valence-electron chi connectivity index (χ1n) is 9.71. The number of carbonyl (C=O) groups excluding carboxylic acids is 1. The van der Waals surface area contributed by atoms with Gasteiger partial charge in [-0.15, -0.1) is 0 Å². The molecule has 5 heteroatoms. The van der Waals surface area contributed by atoms with Gasteiger partial charge in [-0.05, 0) is 60.0 Å². The standard InChI is InChI=1S/C24H23N3O2/c1-2-29-20-12-9-18(10-13-20)11-14-24(28)26-22-7-5-6-19-16-27(17-21(19)22)23-8-3-4-15-25-23/h3-15H,2,16-17H2,1H3,(H,26,28)/b14-11+. The maximum absolute atomic E-state index is 12.5. The van der Waals surface area contributed by atoms with Gasteiger partial charge in [0.05, 0.1) is 6.61 Å². The van der Waals surface area contributed by atoms with Crippen molar-refractivity contribution in [3.8, 4) is 5.75 Å². The van der Waals surface area contributed by atoms with Crippen LogP contribution in [0.3, 0.4) is 0 Å². The number of nitrogens with zero attached hydrogens (tertiary/aromatic N) is 2. The lowest BCUT2D eigenvalue weighted by Gasteiger charge is -2.16. The highest BCUT2D eigenvalue weighted by Gasteiger charge is 2.22. The molecule has 1 aromatic heterocycles. The number of fused-ring (bicyclic) bond motifs is 1. The van der Waals surface area contributed by atoms with Crippen LogP contribution in [0.2, 0.25) is 0 Å². The van der Waals surface area contributed by atoms with Gasteiger partial charge >= 0.3 is 0 Å². The van der Waals surface area contributed by atoms with Crippen LogP contribution < -0.4 is 15.0 Å². The molecular formula is C24H23N3O2. The second kappa shape index (κ2) is 8.61. The second-order valence-electron chi connectivity index (χ2n) is 6.81. The number of ether oxygens (including phenoxy) is 1. The Morgan fingerprint density at radius 1 is 1.10 bits per heavy atom. The molecule has 0 unspecified atom stereocenters. The van der Waals surface area contributed by atoms with Crippen molar-refractivity contribution >= 4 is 23.5 Å². The molecule has 1 aliphatic heterocycles. The summed E-state index contributed by atoms with van der Waals surface area (Å²) < 4.78 is 5.44. The van der Waals surface area contributed by atoms with Crippen LogP contribution in [0.25, 0.3) is 6.08 Å². The lowest BCUT2D eigenvalue weighted by molar-refractivity contribution is -0.111. The van der Waals surface area contributed by atoms with Gasteiger partial charge in [0.15, 0.2) is 0 Å². The van der Waals surface area contributed by atoms with Crippen LogP contribution in [0.4, 0.5) is 11.5 Å². The number of anilines is 2. The van der Waals surface area contributed by atoms with Gasteiger partial charge < -0.3 is 15.0 Å². The fraction of sp³-hybridized carbons (Fsp3) is 0.167. The van der Waals surface area contributed by atoms with Crippen molar-refractivity contribution in [1.29, 1.82) is 0 Å². The Bertz CT molecular complexity index is 1010. The Hall–Kier alpha value is -3.60. The van der Waals surface area contributed by atoms with Gasteiger partial charge in [0.25, 0.3) is 0 Å². The highest BCUT2D eigenvalue weighted by molar-refractivity contribution is 6.02. The number of aromatic nitrogens is 1. The molecule has 3 aromatic rings. The van der Waals surface area contributed by atoms with E-state index in [0.717, 1.165) is 41.5 Å². The zero-order valence-electron chi connectivity index (χ0n) is 16.3. The van der Waals surface area contributed by atoms with E-state index in [-0.39, 0.29) is 5.91 Å². The Morgan fingerprint density at radius 2 is 1.97 bits per heavy atom. The average molecular weight is 385 g/mol. The molecule has 2 heterocycles. The fourth-order valence-electron chi connectivity index (χ4n) is 3.43. The molecule has 0 saturated heterocycles. The molecule has 2 aromatic carbocycles. The van der Waals surface area contributed by atoms with Crippen LogP contribution in [-0.2, 0) is 17.9 Å². The van der Waals surface area contributed by atoms with E-state index in [4.69, 9.17) is 4.74 Å². The van der Waals surface area contributed by atoms with E-state index in [1.165, 1.54) is 5.56 Å². The molecule has 0 spiro atoms. The number of carbonyl (C=O) groups is 1. The molecule has 1 N–H and O–H groups in total. The van der Waals surface area contributed by atoms with Crippen LogP contribution in [0.5, 0.6) is 5.75 Å². The number of benzene rings is 2. The van der Waals surface area contributed by atoms with Crippen molar-refractivity contribution in [3.63, 3.8) is 0 Å². The van der Waals surface area contributed by atoms with Gasteiger partial charge in [0, 0.05) is 31.0 Å². The number of rotatable bonds is 6. The predicted molar refractivity (Wildman–Crippen MR) is 116 cm³/mol. The molecule has 29 heavy (non-hydrogen) atoms. The van der Waals surface area contributed by atoms with E-state index >= 15 is 0 Å². The zero-order chi connectivity index (χ0) is 20.1. The number of hydrogen-bond donors (Lipinski definition) is 1. The molecule has 146 valence electrons. The first kappa shape index (κ1) is 18.7. The zero-order valence-corrected chi connectivity index (χ0v) is 16.3. The van der Waals surface area contributed by atoms with Crippen LogP contribution in [-0.4, -0.2) is 17.5 Å². The van der Waals surface area contributed by atoms with E-state index in [9.17, 15) is 4.79 Å². The van der Waals surface area contributed by atoms with Crippen LogP contribution in [0.1, 0.15) is 23.6 Å². The van der Waals surface area contributed by atoms with Crippen LogP contribution in [0.15, 0.2) is 72.9 Å². The van der Waals surface area contributed by atoms with Gasteiger partial charge in [0.1, 0.15) is 11.6 Å². The van der Waals surface area contributed by atoms with Crippen LogP contribution in [0, 0.1) is 0 Å². The van der Waals surface area contributed by atoms with Gasteiger partial charge in [-0.3, -0.25) is 4.79 Å². The second-order valence-corrected chi connectivity index (χ2v) is 6.81. The smallest absolute Gasteiger partial charge is 0.248 e. The number of nitrogens with one attached hydrogen (secondary N) is 1. The molecule has 4 rings (SSSR count). The molecule has 0 fully saturated rings. The largest absolute Gasteiger partial charge is 0.494 e. The third-order valence-electron chi connectivity index (χ3n) is 4.83. The lowest BCUT2D eigenvalue weighted by atomic mass is 10.1. The topological polar surface area (TPSA) is 54.5 Å². The number of hydrogen-bond acceptors (Lipinski definition) is 4. The van der Waals surface area contributed by atoms with E-state index in [0.29, 0.717) is 6.61 Å². The highest BCUT2D eigenvalue weighted by Crippen LogP contribution is 2.31. The first-order valence-corrected chi connectivity index (χ1v) is 9.71. The van der Waals surface area contributed by atoms with Crippen molar-refractivity contribution in [2.24, 2.45) is 0 Å². The van der Waals surface area contributed by atoms with Crippen molar-refractivity contribution < 1.29 is 9.53 Å². The van der Waals surface area contributed by atoms with Crippen molar-refractivity contribution in [2.75, 3.05) is 16.8 Å². The van der Waals surface area contributed by atoms with Crippen molar-refractivity contribution in [1.82, 2.24) is 4.98 Å². The van der Waals surface area contributed by atoms with Gasteiger partial charge in [-0.25, -0.2) is 4.98 Å². The van der Waals surface area contributed by atoms with E-state index in [2.05, 4.69) is 21.3 Å². The minimum atomic E-state index is -0.149. The Morgan fingerprint density at radius 3 is 2.72 bits per heavy atom. The van der Waals surface area contributed by atoms with Crippen molar-refractivity contribution in [3.05, 3.63) is 89.6 Å². The molecule has 1 amide bonds. The summed E-state index contributed by atoms with van der Waals surface area (Å²) in [6, 6.07) is 19.6. The number of amides is 1. The van der Waals surface area contributed by atoms with E-state index < -0.39 is 0 Å². The first-order chi connectivity index (χ1) is 14.2. The quantitative estimate of drug-likeness (QED) is 0.628. The van der Waals surface area contributed by atoms with E-state index in [1.807, 2.05) is 61.5 Å². The Balaban J connectivity index is 1.43. The summed E-state index contributed by atoms with van der Waals surface area (Å²) in [5.74, 6) is 1.62. The molecule has 0 atom stereocenters. The molecule has 0 radical (unpaired) electrons. The molecule has 0 bridgehead atoms. The highest BCUT2D eigenvalue weighted by atomic mass is 16.5. The molecular weight excluding hydrogens is 362 g/mol. The van der Waals surface area contributed by atoms with Crippen LogP contribution >= 0.6 is 0 Å². The fourth-order valence-corrected chi connectivity index (χ4v) is 3.43. The minimum Gasteiger partial charge on any atom is -0.494 e.